The first-order chi connectivity index (χ1) is 20.9. The number of hydrogen-bond donors (Lipinski definition) is 2. The largest absolute Gasteiger partial charge is 0.508 e. The molecule has 216 valence electrons. The van der Waals surface area contributed by atoms with Crippen LogP contribution in [0.2, 0.25) is 0 Å². The minimum atomic E-state index is -0.752. The number of anilines is 1. The van der Waals surface area contributed by atoms with Gasteiger partial charge < -0.3 is 15.3 Å². The summed E-state index contributed by atoms with van der Waals surface area (Å²) < 4.78 is 31.5. The normalized spacial score (nSPS) is 22.5. The number of benzene rings is 2. The van der Waals surface area contributed by atoms with Crippen molar-refractivity contribution >= 4 is 27.6 Å². The van der Waals surface area contributed by atoms with E-state index in [4.69, 9.17) is 11.4 Å². The lowest BCUT2D eigenvalue weighted by Gasteiger charge is -2.46. The van der Waals surface area contributed by atoms with E-state index in [0.29, 0.717) is 23.8 Å². The standard InChI is InChI=1S/C33H29F2N7O/c1-2-23-25(34)8-5-19-15-22(43)16-24(27(19)23)29-28(35)30-31(40-39-29)32(42-18-20-6-7-21(42)17-36-20)38-26(37-30)9-12-33-10-3-13-41(33)14-4-11-33/h1,5,8,15-16,20-21,36,43H,3-4,6-7,10-11,13-14,17-18H2/t20-,21?/m0/s1. The third-order valence-electron chi connectivity index (χ3n) is 9.65. The van der Waals surface area contributed by atoms with Crippen molar-refractivity contribution in [2.24, 2.45) is 0 Å². The van der Waals surface area contributed by atoms with Crippen LogP contribution in [0.15, 0.2) is 24.3 Å². The van der Waals surface area contributed by atoms with Gasteiger partial charge in [0.2, 0.25) is 5.82 Å². The molecule has 9 rings (SSSR count). The van der Waals surface area contributed by atoms with Crippen molar-refractivity contribution in [3.8, 4) is 41.2 Å². The lowest BCUT2D eigenvalue weighted by atomic mass is 9.93. The van der Waals surface area contributed by atoms with Crippen molar-refractivity contribution in [3.05, 3.63) is 47.3 Å². The highest BCUT2D eigenvalue weighted by molar-refractivity contribution is 6.02. The third kappa shape index (κ3) is 4.12. The molecule has 2 N–H and O–H groups in total. The molecule has 0 spiro atoms. The molecule has 0 radical (unpaired) electrons. The Balaban J connectivity index is 1.35. The average Bonchev–Trinajstić information content (AvgIpc) is 3.61. The van der Waals surface area contributed by atoms with E-state index in [1.54, 1.807) is 0 Å². The van der Waals surface area contributed by atoms with Gasteiger partial charge in [0.25, 0.3) is 0 Å². The third-order valence-corrected chi connectivity index (χ3v) is 9.65. The Morgan fingerprint density at radius 2 is 1.88 bits per heavy atom. The molecule has 5 aliphatic rings. The van der Waals surface area contributed by atoms with Crippen LogP contribution in [0.1, 0.15) is 49.9 Å². The predicted molar refractivity (Wildman–Crippen MR) is 159 cm³/mol. The Labute approximate surface area is 247 Å². The van der Waals surface area contributed by atoms with Crippen LogP contribution < -0.4 is 10.2 Å². The summed E-state index contributed by atoms with van der Waals surface area (Å²) in [5.74, 6) is 8.33. The highest BCUT2D eigenvalue weighted by Crippen LogP contribution is 2.40. The highest BCUT2D eigenvalue weighted by atomic mass is 19.1. The summed E-state index contributed by atoms with van der Waals surface area (Å²) in [5.41, 5.74) is -0.0440. The van der Waals surface area contributed by atoms with E-state index in [0.717, 1.165) is 58.2 Å². The van der Waals surface area contributed by atoms with Gasteiger partial charge in [-0.05, 0) is 81.1 Å². The summed E-state index contributed by atoms with van der Waals surface area (Å²) in [7, 11) is 0. The number of fused-ring (bicyclic) bond motifs is 6. The van der Waals surface area contributed by atoms with Crippen molar-refractivity contribution in [3.63, 3.8) is 0 Å². The molecule has 2 atom stereocenters. The van der Waals surface area contributed by atoms with Gasteiger partial charge in [0, 0.05) is 36.1 Å². The molecule has 0 amide bonds. The minimum absolute atomic E-state index is 0.0175. The van der Waals surface area contributed by atoms with Crippen LogP contribution in [-0.4, -0.2) is 74.0 Å². The van der Waals surface area contributed by atoms with Crippen LogP contribution >= 0.6 is 0 Å². The van der Waals surface area contributed by atoms with Gasteiger partial charge in [0.05, 0.1) is 11.1 Å². The number of halogens is 2. The summed E-state index contributed by atoms with van der Waals surface area (Å²) in [6.07, 6.45) is 12.0. The molecule has 5 fully saturated rings. The summed E-state index contributed by atoms with van der Waals surface area (Å²) in [5, 5.41) is 23.5. The maximum Gasteiger partial charge on any atom is 0.207 e. The minimum Gasteiger partial charge on any atom is -0.508 e. The molecule has 2 bridgehead atoms. The molecule has 7 heterocycles. The maximum absolute atomic E-state index is 16.7. The van der Waals surface area contributed by atoms with Gasteiger partial charge in [-0.1, -0.05) is 17.9 Å². The number of hydrogen-bond acceptors (Lipinski definition) is 8. The topological polar surface area (TPSA) is 90.3 Å². The lowest BCUT2D eigenvalue weighted by Crippen LogP contribution is -2.61. The van der Waals surface area contributed by atoms with E-state index >= 15 is 4.39 Å². The number of terminal acetylenes is 1. The van der Waals surface area contributed by atoms with E-state index in [-0.39, 0.29) is 56.4 Å². The highest BCUT2D eigenvalue weighted by Gasteiger charge is 2.43. The maximum atomic E-state index is 16.7. The van der Waals surface area contributed by atoms with E-state index < -0.39 is 11.6 Å². The summed E-state index contributed by atoms with van der Waals surface area (Å²) in [6, 6.07) is 5.99. The average molecular weight is 578 g/mol. The molecule has 5 saturated heterocycles. The number of aromatic nitrogens is 4. The van der Waals surface area contributed by atoms with Gasteiger partial charge in [-0.2, -0.15) is 0 Å². The Kier molecular flexibility index (Phi) is 6.01. The van der Waals surface area contributed by atoms with Gasteiger partial charge in [-0.25, -0.2) is 18.7 Å². The van der Waals surface area contributed by atoms with Crippen LogP contribution in [-0.2, 0) is 0 Å². The molecule has 0 aliphatic carbocycles. The zero-order valence-corrected chi connectivity index (χ0v) is 23.5. The second-order valence-corrected chi connectivity index (χ2v) is 12.1. The molecule has 0 saturated carbocycles. The number of phenolic OH excluding ortho intramolecular Hbond substituents is 1. The van der Waals surface area contributed by atoms with Gasteiger partial charge in [-0.3, -0.25) is 4.90 Å². The van der Waals surface area contributed by atoms with Gasteiger partial charge in [0.1, 0.15) is 22.8 Å². The summed E-state index contributed by atoms with van der Waals surface area (Å²) >= 11 is 0. The molecule has 4 aromatic rings. The molecular weight excluding hydrogens is 548 g/mol. The summed E-state index contributed by atoms with van der Waals surface area (Å²) in [6.45, 7) is 3.59. The van der Waals surface area contributed by atoms with Crippen LogP contribution in [0, 0.1) is 35.8 Å². The smallest absolute Gasteiger partial charge is 0.207 e. The molecule has 8 nitrogen and oxygen atoms in total. The Hall–Kier alpha value is -4.38. The Bertz CT molecular complexity index is 1910. The van der Waals surface area contributed by atoms with Crippen LogP contribution in [0.3, 0.4) is 0 Å². The van der Waals surface area contributed by atoms with E-state index in [2.05, 4.69) is 48.1 Å². The van der Waals surface area contributed by atoms with Crippen molar-refractivity contribution in [1.82, 2.24) is 30.4 Å². The quantitative estimate of drug-likeness (QED) is 0.344. The Morgan fingerprint density at radius 3 is 2.60 bits per heavy atom. The van der Waals surface area contributed by atoms with Crippen LogP contribution in [0.25, 0.3) is 33.1 Å². The molecule has 2 aromatic carbocycles. The monoisotopic (exact) mass is 577 g/mol. The fraction of sp³-hybridized carbons (Fsp3) is 0.394. The molecule has 10 heteroatoms. The predicted octanol–water partition coefficient (Wildman–Crippen LogP) is 4.13. The zero-order chi connectivity index (χ0) is 29.3. The summed E-state index contributed by atoms with van der Waals surface area (Å²) in [4.78, 5) is 14.1. The van der Waals surface area contributed by atoms with Crippen molar-refractivity contribution in [1.29, 1.82) is 0 Å². The van der Waals surface area contributed by atoms with E-state index in [9.17, 15) is 9.50 Å². The fourth-order valence-corrected chi connectivity index (χ4v) is 7.58. The number of phenols is 1. The molecule has 1 unspecified atom stereocenters. The first-order valence-corrected chi connectivity index (χ1v) is 14.9. The van der Waals surface area contributed by atoms with Crippen molar-refractivity contribution < 1.29 is 13.9 Å². The van der Waals surface area contributed by atoms with Gasteiger partial charge >= 0.3 is 0 Å². The molecular formula is C33H29F2N7O. The van der Waals surface area contributed by atoms with E-state index in [1.807, 2.05) is 0 Å². The number of nitrogens with one attached hydrogen (secondary N) is 1. The van der Waals surface area contributed by atoms with Crippen LogP contribution in [0.4, 0.5) is 14.6 Å². The molecule has 2 aromatic heterocycles. The van der Waals surface area contributed by atoms with Gasteiger partial charge in [0.15, 0.2) is 17.2 Å². The molecule has 43 heavy (non-hydrogen) atoms. The SMILES string of the molecule is C#Cc1c(F)ccc2cc(O)cc(-c3nnc4c(N5C[C@@H]6CCC5CN6)nc(C#CC56CCCN5CCC6)nc4c3F)c12. The second-order valence-electron chi connectivity index (χ2n) is 12.1. The van der Waals surface area contributed by atoms with E-state index in [1.165, 1.54) is 24.3 Å². The number of nitrogens with zero attached hydrogens (tertiary/aromatic N) is 6. The number of rotatable bonds is 2. The second kappa shape index (κ2) is 9.84. The fourth-order valence-electron chi connectivity index (χ4n) is 7.58. The lowest BCUT2D eigenvalue weighted by molar-refractivity contribution is 0.261. The zero-order valence-electron chi connectivity index (χ0n) is 23.5. The number of aromatic hydroxyl groups is 1. The van der Waals surface area contributed by atoms with Crippen molar-refractivity contribution in [2.45, 2.75) is 56.1 Å². The first kappa shape index (κ1) is 26.3. The molecule has 5 aliphatic heterocycles. The number of piperidine rings is 2. The first-order valence-electron chi connectivity index (χ1n) is 14.9. The van der Waals surface area contributed by atoms with Gasteiger partial charge in [-0.15, -0.1) is 16.6 Å². The van der Waals surface area contributed by atoms with Crippen LogP contribution in [0.5, 0.6) is 5.75 Å². The number of piperazine rings is 1. The Morgan fingerprint density at radius 1 is 1.05 bits per heavy atom. The van der Waals surface area contributed by atoms with Crippen molar-refractivity contribution in [2.75, 3.05) is 31.1 Å².